The smallest absolute Gasteiger partial charge is 0.392 e. The normalized spacial score (nSPS) is 18.0. The van der Waals surface area contributed by atoms with Gasteiger partial charge in [0.15, 0.2) is 0 Å². The summed E-state index contributed by atoms with van der Waals surface area (Å²) in [5.41, 5.74) is 8.69. The molecule has 230 valence electrons. The van der Waals surface area contributed by atoms with E-state index in [1.54, 1.807) is 0 Å². The van der Waals surface area contributed by atoms with Crippen molar-refractivity contribution in [1.82, 2.24) is 20.3 Å². The lowest BCUT2D eigenvalue weighted by Crippen LogP contribution is -2.49. The number of hydrogen-bond donors (Lipinski definition) is 3. The Morgan fingerprint density at radius 3 is 2.36 bits per heavy atom. The number of nitrogens with two attached hydrogens (primary N) is 1. The van der Waals surface area contributed by atoms with Crippen LogP contribution in [0, 0.1) is 13.8 Å². The molecule has 4 N–H and O–H groups in total. The molecule has 6 rings (SSSR count). The number of hydrogen-bond acceptors (Lipinski definition) is 8. The van der Waals surface area contributed by atoms with Gasteiger partial charge in [-0.15, -0.1) is 0 Å². The molecule has 3 aromatic rings. The molecular formula is C31H32F3N7O3. The molecule has 3 aliphatic rings. The first-order valence-corrected chi connectivity index (χ1v) is 14.5. The van der Waals surface area contributed by atoms with Crippen LogP contribution in [0.2, 0.25) is 0 Å². The Balaban J connectivity index is 1.26. The van der Waals surface area contributed by atoms with Crippen LogP contribution < -0.4 is 16.0 Å². The molecule has 4 heterocycles. The monoisotopic (exact) mass is 607 g/mol. The molecule has 2 aliphatic heterocycles. The SMILES string of the molecule is Cc1nc(CC(N)=O)nc(C)c1-c1ccc(CO)c(N2CCC3(CC2)N=C(c2ccc(C(F)(F)F)nc2C2CC2)NC3=O)c1. The van der Waals surface area contributed by atoms with Crippen molar-refractivity contribution < 1.29 is 27.9 Å². The topological polar surface area (TPSA) is 147 Å². The van der Waals surface area contributed by atoms with Crippen LogP contribution in [0.25, 0.3) is 11.1 Å². The fourth-order valence-corrected chi connectivity index (χ4v) is 6.19. The third-order valence-corrected chi connectivity index (χ3v) is 8.54. The number of pyridine rings is 1. The summed E-state index contributed by atoms with van der Waals surface area (Å²) in [5.74, 6) is -0.233. The standard InChI is InChI=1S/C31H32F3N7O3/c1-16-26(17(2)37-25(36-16)14-24(35)43)19-5-6-20(15-42)22(13-19)41-11-9-30(10-12-41)29(44)39-28(40-30)21-7-8-23(31(32,33)34)38-27(21)18-3-4-18/h5-8,13,18,42H,3-4,9-12,14-15H2,1-2H3,(H2,35,43)(H,39,40,44). The molecule has 2 amide bonds. The number of aliphatic hydroxyl groups excluding tert-OH is 1. The number of aliphatic hydroxyl groups is 1. The lowest BCUT2D eigenvalue weighted by Gasteiger charge is -2.37. The van der Waals surface area contributed by atoms with Crippen LogP contribution in [-0.2, 0) is 28.8 Å². The second kappa shape index (κ2) is 11.0. The van der Waals surface area contributed by atoms with Crippen molar-refractivity contribution in [3.8, 4) is 11.1 Å². The van der Waals surface area contributed by atoms with E-state index in [0.29, 0.717) is 54.4 Å². The van der Waals surface area contributed by atoms with Crippen LogP contribution in [-0.4, -0.2) is 56.3 Å². The molecule has 2 aromatic heterocycles. The minimum Gasteiger partial charge on any atom is -0.392 e. The molecule has 1 aliphatic carbocycles. The number of alkyl halides is 3. The number of halogens is 3. The first-order chi connectivity index (χ1) is 20.9. The quantitative estimate of drug-likeness (QED) is 0.373. The van der Waals surface area contributed by atoms with Crippen molar-refractivity contribution in [2.24, 2.45) is 10.7 Å². The molecule has 1 spiro atoms. The molecule has 2 fully saturated rings. The minimum absolute atomic E-state index is 0.0543. The van der Waals surface area contributed by atoms with Gasteiger partial charge in [-0.25, -0.2) is 15.0 Å². The van der Waals surface area contributed by atoms with Crippen LogP contribution in [0.5, 0.6) is 0 Å². The first kappa shape index (κ1) is 29.7. The number of aromatic nitrogens is 3. The van der Waals surface area contributed by atoms with Crippen LogP contribution >= 0.6 is 0 Å². The number of carbonyl (C=O) groups is 2. The number of nitrogens with zero attached hydrogens (tertiary/aromatic N) is 5. The Morgan fingerprint density at radius 1 is 1.09 bits per heavy atom. The summed E-state index contributed by atoms with van der Waals surface area (Å²) in [6.45, 7) is 4.43. The highest BCUT2D eigenvalue weighted by atomic mass is 19.4. The van der Waals surface area contributed by atoms with Crippen molar-refractivity contribution in [1.29, 1.82) is 0 Å². The Hall–Kier alpha value is -4.39. The summed E-state index contributed by atoms with van der Waals surface area (Å²) in [6, 6.07) is 8.01. The van der Waals surface area contributed by atoms with E-state index < -0.39 is 23.3 Å². The fraction of sp³-hybridized carbons (Fsp3) is 0.419. The summed E-state index contributed by atoms with van der Waals surface area (Å²) in [5, 5.41) is 13.0. The molecular weight excluding hydrogens is 575 g/mol. The Bertz CT molecular complexity index is 1670. The number of nitrogens with one attached hydrogen (secondary N) is 1. The largest absolute Gasteiger partial charge is 0.433 e. The molecule has 0 unspecified atom stereocenters. The van der Waals surface area contributed by atoms with E-state index in [2.05, 4.69) is 25.2 Å². The Kier molecular flexibility index (Phi) is 7.39. The van der Waals surface area contributed by atoms with Crippen LogP contribution in [0.15, 0.2) is 35.3 Å². The van der Waals surface area contributed by atoms with Crippen LogP contribution in [0.4, 0.5) is 18.9 Å². The van der Waals surface area contributed by atoms with E-state index in [1.807, 2.05) is 32.0 Å². The highest BCUT2D eigenvalue weighted by Gasteiger charge is 2.47. The van der Waals surface area contributed by atoms with Gasteiger partial charge in [0.2, 0.25) is 5.91 Å². The Labute approximate surface area is 251 Å². The molecule has 1 saturated carbocycles. The first-order valence-electron chi connectivity index (χ1n) is 14.5. The predicted molar refractivity (Wildman–Crippen MR) is 156 cm³/mol. The number of primary amides is 1. The average molecular weight is 608 g/mol. The number of rotatable bonds is 7. The lowest BCUT2D eigenvalue weighted by atomic mass is 9.87. The Morgan fingerprint density at radius 2 is 1.77 bits per heavy atom. The maximum atomic E-state index is 13.4. The second-order valence-electron chi connectivity index (χ2n) is 11.7. The number of aliphatic imine (C=N–C) groups is 1. The molecule has 1 aromatic carbocycles. The maximum absolute atomic E-state index is 13.4. The van der Waals surface area contributed by atoms with Gasteiger partial charge in [-0.3, -0.25) is 14.6 Å². The fourth-order valence-electron chi connectivity index (χ4n) is 6.19. The summed E-state index contributed by atoms with van der Waals surface area (Å²) < 4.78 is 40.1. The summed E-state index contributed by atoms with van der Waals surface area (Å²) >= 11 is 0. The van der Waals surface area contributed by atoms with Gasteiger partial charge in [0.05, 0.1) is 18.7 Å². The van der Waals surface area contributed by atoms with Gasteiger partial charge in [0, 0.05) is 52.8 Å². The maximum Gasteiger partial charge on any atom is 0.433 e. The van der Waals surface area contributed by atoms with Gasteiger partial charge >= 0.3 is 6.18 Å². The highest BCUT2D eigenvalue weighted by Crippen LogP contribution is 2.43. The molecule has 0 atom stereocenters. The van der Waals surface area contributed by atoms with E-state index in [4.69, 9.17) is 10.7 Å². The third-order valence-electron chi connectivity index (χ3n) is 8.54. The highest BCUT2D eigenvalue weighted by molar-refractivity contribution is 6.16. The van der Waals surface area contributed by atoms with Gasteiger partial charge in [-0.1, -0.05) is 12.1 Å². The number of amidine groups is 1. The molecule has 1 saturated heterocycles. The summed E-state index contributed by atoms with van der Waals surface area (Å²) in [7, 11) is 0. The van der Waals surface area contributed by atoms with Crippen LogP contribution in [0.1, 0.15) is 71.3 Å². The van der Waals surface area contributed by atoms with Crippen molar-refractivity contribution in [2.45, 2.75) is 70.2 Å². The van der Waals surface area contributed by atoms with Crippen molar-refractivity contribution in [2.75, 3.05) is 18.0 Å². The van der Waals surface area contributed by atoms with Gasteiger partial charge < -0.3 is 21.1 Å². The van der Waals surface area contributed by atoms with Crippen molar-refractivity contribution >= 4 is 23.3 Å². The third kappa shape index (κ3) is 5.51. The van der Waals surface area contributed by atoms with Gasteiger partial charge in [0.25, 0.3) is 5.91 Å². The predicted octanol–water partition coefficient (Wildman–Crippen LogP) is 3.49. The summed E-state index contributed by atoms with van der Waals surface area (Å²) in [6.07, 6.45) is -2.35. The van der Waals surface area contributed by atoms with Gasteiger partial charge in [-0.05, 0) is 63.3 Å². The number of amides is 2. The molecule has 0 radical (unpaired) electrons. The van der Waals surface area contributed by atoms with Crippen LogP contribution in [0.3, 0.4) is 0 Å². The molecule has 10 nitrogen and oxygen atoms in total. The molecule has 44 heavy (non-hydrogen) atoms. The molecule has 13 heteroatoms. The van der Waals surface area contributed by atoms with E-state index in [1.165, 1.54) is 6.07 Å². The van der Waals surface area contributed by atoms with Gasteiger partial charge in [0.1, 0.15) is 22.9 Å². The summed E-state index contributed by atoms with van der Waals surface area (Å²) in [4.78, 5) is 44.4. The zero-order valence-corrected chi connectivity index (χ0v) is 24.3. The lowest BCUT2D eigenvalue weighted by molar-refractivity contribution is -0.141. The van der Waals surface area contributed by atoms with E-state index in [0.717, 1.165) is 41.3 Å². The van der Waals surface area contributed by atoms with Gasteiger partial charge in [-0.2, -0.15) is 13.2 Å². The van der Waals surface area contributed by atoms with E-state index >= 15 is 0 Å². The van der Waals surface area contributed by atoms with Crippen molar-refractivity contribution in [3.05, 3.63) is 70.1 Å². The van der Waals surface area contributed by atoms with Crippen molar-refractivity contribution in [3.63, 3.8) is 0 Å². The number of carbonyl (C=O) groups excluding carboxylic acids is 2. The van der Waals surface area contributed by atoms with E-state index in [-0.39, 0.29) is 30.7 Å². The minimum atomic E-state index is -4.56. The zero-order chi connectivity index (χ0) is 31.4. The number of aryl methyl sites for hydroxylation is 2. The zero-order valence-electron chi connectivity index (χ0n) is 24.3. The number of piperidine rings is 1. The van der Waals surface area contributed by atoms with E-state index in [9.17, 15) is 27.9 Å². The molecule has 0 bridgehead atoms. The number of anilines is 1. The average Bonchev–Trinajstić information content (AvgIpc) is 3.76. The second-order valence-corrected chi connectivity index (χ2v) is 11.7. The number of benzene rings is 1.